The highest BCUT2D eigenvalue weighted by atomic mass is 16.3. The summed E-state index contributed by atoms with van der Waals surface area (Å²) >= 11 is 0. The summed E-state index contributed by atoms with van der Waals surface area (Å²) in [6.07, 6.45) is 10.4. The first-order valence-corrected chi connectivity index (χ1v) is 13.6. The Labute approximate surface area is 217 Å². The standard InChI is InChI=1S/C29H38N2O6/c1-3-15-11-17-12-19-18-5-4-6-23(35)30-10-9-21(33)27-28(36)26(29(37)31-27)20(32)8-7-16(18)13-22(34)25(19)24(17)14(15)2/h3-4,6-8,14-19,21-22,24-25,27,32-34H,1,5,9-13H2,2H3,(H,30,35)(H,31,37)/b6-4+,8-7-,26-20-/t14-,15-,16-,17+,18-,19-,21?,22-,24+,25-,27?/m0/s1. The quantitative estimate of drug-likeness (QED) is 0.270. The van der Waals surface area contributed by atoms with Gasteiger partial charge in [0.2, 0.25) is 5.91 Å². The fourth-order valence-electron chi connectivity index (χ4n) is 8.22. The van der Waals surface area contributed by atoms with Gasteiger partial charge in [0, 0.05) is 6.54 Å². The Morgan fingerprint density at radius 3 is 2.57 bits per heavy atom. The second-order valence-corrected chi connectivity index (χ2v) is 11.7. The number of aliphatic hydroxyl groups is 3. The summed E-state index contributed by atoms with van der Waals surface area (Å²) in [5.41, 5.74) is -0.359. The summed E-state index contributed by atoms with van der Waals surface area (Å²) in [5.74, 6) is 0.371. The van der Waals surface area contributed by atoms with Crippen molar-refractivity contribution in [2.75, 3.05) is 6.54 Å². The van der Waals surface area contributed by atoms with Gasteiger partial charge in [0.05, 0.1) is 12.2 Å². The van der Waals surface area contributed by atoms with E-state index in [1.807, 2.05) is 6.08 Å². The Hall–Kier alpha value is -2.71. The summed E-state index contributed by atoms with van der Waals surface area (Å²) in [5, 5.41) is 37.6. The zero-order chi connectivity index (χ0) is 26.4. The van der Waals surface area contributed by atoms with Crippen LogP contribution in [0.4, 0.5) is 0 Å². The van der Waals surface area contributed by atoms with Crippen molar-refractivity contribution in [3.05, 3.63) is 48.3 Å². The molecular formula is C29H38N2O6. The Morgan fingerprint density at radius 1 is 1.03 bits per heavy atom. The molecule has 0 radical (unpaired) electrons. The molecule has 2 bridgehead atoms. The van der Waals surface area contributed by atoms with E-state index in [1.165, 1.54) is 12.2 Å². The summed E-state index contributed by atoms with van der Waals surface area (Å²) < 4.78 is 0. The number of rotatable bonds is 1. The fourth-order valence-corrected chi connectivity index (χ4v) is 8.22. The highest BCUT2D eigenvalue weighted by Crippen LogP contribution is 2.62. The normalized spacial score (nSPS) is 47.9. The van der Waals surface area contributed by atoms with Crippen LogP contribution in [0.1, 0.15) is 39.0 Å². The zero-order valence-electron chi connectivity index (χ0n) is 21.3. The van der Waals surface area contributed by atoms with Gasteiger partial charge in [-0.05, 0) is 91.6 Å². The predicted molar refractivity (Wildman–Crippen MR) is 137 cm³/mol. The molecular weight excluding hydrogens is 472 g/mol. The molecule has 3 aliphatic carbocycles. The molecule has 11 atom stereocenters. The maximum Gasteiger partial charge on any atom is 0.259 e. The fraction of sp³-hybridized carbons (Fsp3) is 0.621. The lowest BCUT2D eigenvalue weighted by Crippen LogP contribution is -2.43. The first-order valence-electron chi connectivity index (χ1n) is 13.6. The molecule has 8 nitrogen and oxygen atoms in total. The van der Waals surface area contributed by atoms with E-state index < -0.39 is 35.7 Å². The Kier molecular flexibility index (Phi) is 7.16. The van der Waals surface area contributed by atoms with Crippen LogP contribution in [0, 0.1) is 47.3 Å². The molecule has 1 saturated heterocycles. The second-order valence-electron chi connectivity index (χ2n) is 11.7. The van der Waals surface area contributed by atoms with E-state index in [-0.39, 0.29) is 48.1 Å². The lowest BCUT2D eigenvalue weighted by molar-refractivity contribution is -0.118. The molecule has 5 aliphatic rings. The lowest BCUT2D eigenvalue weighted by Gasteiger charge is -2.44. The van der Waals surface area contributed by atoms with Crippen LogP contribution < -0.4 is 10.6 Å². The van der Waals surface area contributed by atoms with E-state index in [0.717, 1.165) is 12.8 Å². The first-order chi connectivity index (χ1) is 17.7. The average Bonchev–Trinajstić information content (AvgIpc) is 3.48. The van der Waals surface area contributed by atoms with Gasteiger partial charge >= 0.3 is 0 Å². The number of carbonyl (C=O) groups excluding carboxylic acids is 3. The Balaban J connectivity index is 1.47. The van der Waals surface area contributed by atoms with Crippen LogP contribution >= 0.6 is 0 Å². The molecule has 5 N–H and O–H groups in total. The van der Waals surface area contributed by atoms with Gasteiger partial charge in [0.25, 0.3) is 5.91 Å². The number of ketones is 1. The van der Waals surface area contributed by atoms with Gasteiger partial charge in [-0.2, -0.15) is 0 Å². The highest BCUT2D eigenvalue weighted by molar-refractivity contribution is 6.27. The van der Waals surface area contributed by atoms with Gasteiger partial charge in [-0.15, -0.1) is 6.58 Å². The van der Waals surface area contributed by atoms with Crippen LogP contribution in [0.3, 0.4) is 0 Å². The average molecular weight is 511 g/mol. The van der Waals surface area contributed by atoms with Gasteiger partial charge in [0.1, 0.15) is 17.4 Å². The van der Waals surface area contributed by atoms with E-state index in [9.17, 15) is 29.7 Å². The highest BCUT2D eigenvalue weighted by Gasteiger charge is 2.57. The van der Waals surface area contributed by atoms with Crippen LogP contribution in [-0.2, 0) is 14.4 Å². The Bertz CT molecular complexity index is 1060. The third-order valence-corrected chi connectivity index (χ3v) is 9.88. The van der Waals surface area contributed by atoms with Crippen molar-refractivity contribution in [1.82, 2.24) is 10.6 Å². The molecule has 0 aromatic carbocycles. The number of amides is 2. The van der Waals surface area contributed by atoms with Crippen molar-refractivity contribution in [2.24, 2.45) is 47.3 Å². The van der Waals surface area contributed by atoms with Gasteiger partial charge in [0.15, 0.2) is 5.78 Å². The molecule has 3 saturated carbocycles. The minimum atomic E-state index is -1.19. The van der Waals surface area contributed by atoms with Crippen molar-refractivity contribution >= 4 is 17.6 Å². The maximum atomic E-state index is 12.8. The number of hydrogen-bond donors (Lipinski definition) is 5. The Morgan fingerprint density at radius 2 is 1.81 bits per heavy atom. The smallest absolute Gasteiger partial charge is 0.259 e. The minimum absolute atomic E-state index is 0.0825. The van der Waals surface area contributed by atoms with Crippen molar-refractivity contribution < 1.29 is 29.7 Å². The van der Waals surface area contributed by atoms with E-state index in [1.54, 1.807) is 6.08 Å². The van der Waals surface area contributed by atoms with Gasteiger partial charge in [-0.3, -0.25) is 14.4 Å². The third-order valence-electron chi connectivity index (χ3n) is 9.88. The molecule has 5 rings (SSSR count). The second kappa shape index (κ2) is 10.2. The summed E-state index contributed by atoms with van der Waals surface area (Å²) in [6, 6.07) is -1.16. The number of fused-ring (bicyclic) bond motifs is 7. The molecule has 8 heteroatoms. The van der Waals surface area contributed by atoms with Crippen molar-refractivity contribution in [1.29, 1.82) is 0 Å². The summed E-state index contributed by atoms with van der Waals surface area (Å²) in [6.45, 7) is 6.45. The first kappa shape index (κ1) is 25.9. The number of carbonyl (C=O) groups is 3. The van der Waals surface area contributed by atoms with Crippen molar-refractivity contribution in [2.45, 2.75) is 57.3 Å². The maximum absolute atomic E-state index is 12.8. The van der Waals surface area contributed by atoms with Crippen LogP contribution in [0.15, 0.2) is 48.3 Å². The summed E-state index contributed by atoms with van der Waals surface area (Å²) in [4.78, 5) is 37.7. The number of aliphatic hydroxyl groups excluding tert-OH is 3. The third kappa shape index (κ3) is 4.59. The molecule has 200 valence electrons. The molecule has 2 heterocycles. The number of Topliss-reactive ketones (excluding diaryl/α,β-unsaturated/α-hetero) is 1. The van der Waals surface area contributed by atoms with Gasteiger partial charge in [-0.1, -0.05) is 25.2 Å². The van der Waals surface area contributed by atoms with Crippen LogP contribution in [0.5, 0.6) is 0 Å². The van der Waals surface area contributed by atoms with Crippen LogP contribution in [0.2, 0.25) is 0 Å². The molecule has 0 aromatic rings. The zero-order valence-corrected chi connectivity index (χ0v) is 21.3. The van der Waals surface area contributed by atoms with Gasteiger partial charge < -0.3 is 26.0 Å². The predicted octanol–water partition coefficient (Wildman–Crippen LogP) is 1.96. The summed E-state index contributed by atoms with van der Waals surface area (Å²) in [7, 11) is 0. The molecule has 0 spiro atoms. The largest absolute Gasteiger partial charge is 0.507 e. The van der Waals surface area contributed by atoms with Crippen LogP contribution in [0.25, 0.3) is 0 Å². The van der Waals surface area contributed by atoms with Crippen LogP contribution in [-0.4, -0.2) is 57.7 Å². The topological polar surface area (TPSA) is 136 Å². The van der Waals surface area contributed by atoms with Gasteiger partial charge in [-0.25, -0.2) is 0 Å². The molecule has 4 fully saturated rings. The number of allylic oxidation sites excluding steroid dienone is 4. The molecule has 2 aliphatic heterocycles. The molecule has 2 unspecified atom stereocenters. The lowest BCUT2D eigenvalue weighted by atomic mass is 9.62. The van der Waals surface area contributed by atoms with E-state index in [4.69, 9.17) is 0 Å². The minimum Gasteiger partial charge on any atom is -0.507 e. The SMILES string of the molecule is C=C[C@H]1C[C@@H]2C[C@H]3[C@H]4C/C=C/C(=O)NCCC(O)C5NC(=O)/C(=C(O)/C=C\[C@H]4C[C@H](O)[C@H]3[C@@H]2[C@H]1C)C5=O. The number of nitrogens with one attached hydrogen (secondary N) is 2. The van der Waals surface area contributed by atoms with E-state index in [0.29, 0.717) is 36.5 Å². The molecule has 37 heavy (non-hydrogen) atoms. The van der Waals surface area contributed by atoms with E-state index in [2.05, 4.69) is 30.2 Å². The number of hydrogen-bond acceptors (Lipinski definition) is 6. The van der Waals surface area contributed by atoms with Crippen molar-refractivity contribution in [3.63, 3.8) is 0 Å². The molecule has 2 amide bonds. The van der Waals surface area contributed by atoms with E-state index >= 15 is 0 Å². The van der Waals surface area contributed by atoms with Crippen molar-refractivity contribution in [3.8, 4) is 0 Å². The molecule has 0 aromatic heterocycles. The monoisotopic (exact) mass is 510 g/mol.